The third-order valence-corrected chi connectivity index (χ3v) is 3.09. The number of nitrogen functional groups attached to an aromatic ring is 1. The molecule has 7 heteroatoms. The molecule has 0 aliphatic rings. The molecule has 2 aromatic rings. The topological polar surface area (TPSA) is 138 Å². The summed E-state index contributed by atoms with van der Waals surface area (Å²) in [6, 6.07) is 8.47. The summed E-state index contributed by atoms with van der Waals surface area (Å²) in [6.45, 7) is 0. The van der Waals surface area contributed by atoms with Gasteiger partial charge >= 0.3 is 17.9 Å². The molecule has 0 aliphatic carbocycles. The van der Waals surface area contributed by atoms with Crippen molar-refractivity contribution in [1.82, 2.24) is 0 Å². The fraction of sp³-hybridized carbons (Fsp3) is 0. The van der Waals surface area contributed by atoms with E-state index in [1.54, 1.807) is 0 Å². The molecule has 112 valence electrons. The van der Waals surface area contributed by atoms with Crippen molar-refractivity contribution < 1.29 is 29.7 Å². The highest BCUT2D eigenvalue weighted by molar-refractivity contribution is 6.12. The summed E-state index contributed by atoms with van der Waals surface area (Å²) in [6.07, 6.45) is 0. The molecule has 0 aliphatic heterocycles. The van der Waals surface area contributed by atoms with Gasteiger partial charge in [0.2, 0.25) is 0 Å². The molecule has 7 nitrogen and oxygen atoms in total. The van der Waals surface area contributed by atoms with Gasteiger partial charge in [-0.15, -0.1) is 0 Å². The number of hydrogen-bond donors (Lipinski definition) is 4. The summed E-state index contributed by atoms with van der Waals surface area (Å²) in [7, 11) is 0. The van der Waals surface area contributed by atoms with Crippen LogP contribution in [0.5, 0.6) is 0 Å². The lowest BCUT2D eigenvalue weighted by Crippen LogP contribution is -2.16. The fourth-order valence-corrected chi connectivity index (χ4v) is 2.13. The number of anilines is 1. The van der Waals surface area contributed by atoms with Gasteiger partial charge in [0.25, 0.3) is 0 Å². The summed E-state index contributed by atoms with van der Waals surface area (Å²) >= 11 is 0. The molecule has 0 unspecified atom stereocenters. The number of rotatable bonds is 4. The molecular weight excluding hydrogens is 290 g/mol. The van der Waals surface area contributed by atoms with Crippen molar-refractivity contribution in [2.75, 3.05) is 5.73 Å². The zero-order valence-corrected chi connectivity index (χ0v) is 11.1. The molecule has 0 spiro atoms. The van der Waals surface area contributed by atoms with E-state index >= 15 is 0 Å². The van der Waals surface area contributed by atoms with Gasteiger partial charge in [-0.2, -0.15) is 0 Å². The van der Waals surface area contributed by atoms with Crippen LogP contribution in [-0.2, 0) is 0 Å². The highest BCUT2D eigenvalue weighted by Gasteiger charge is 2.27. The van der Waals surface area contributed by atoms with E-state index in [1.807, 2.05) is 0 Å². The second kappa shape index (κ2) is 5.57. The van der Waals surface area contributed by atoms with E-state index < -0.39 is 34.6 Å². The van der Waals surface area contributed by atoms with E-state index in [9.17, 15) is 24.6 Å². The number of nitrogens with two attached hydrogens (primary N) is 1. The van der Waals surface area contributed by atoms with Crippen LogP contribution >= 0.6 is 0 Å². The van der Waals surface area contributed by atoms with Gasteiger partial charge < -0.3 is 21.1 Å². The average molecular weight is 301 g/mol. The standard InChI is InChI=1S/C15H11NO6/c16-8-3-1-7(2-4-8)9-5-6-10(13(17)18)12(15(21)22)11(9)14(19)20/h1-6H,16H2,(H,17,18)(H,19,20)(H,21,22). The second-order valence-electron chi connectivity index (χ2n) is 4.45. The molecule has 0 radical (unpaired) electrons. The minimum Gasteiger partial charge on any atom is -0.478 e. The highest BCUT2D eigenvalue weighted by atomic mass is 16.4. The Morgan fingerprint density at radius 3 is 1.73 bits per heavy atom. The van der Waals surface area contributed by atoms with E-state index in [4.69, 9.17) is 10.8 Å². The van der Waals surface area contributed by atoms with Gasteiger partial charge in [-0.05, 0) is 29.3 Å². The largest absolute Gasteiger partial charge is 0.478 e. The molecule has 0 heterocycles. The predicted molar refractivity (Wildman–Crippen MR) is 77.2 cm³/mol. The monoisotopic (exact) mass is 301 g/mol. The van der Waals surface area contributed by atoms with E-state index in [0.29, 0.717) is 11.3 Å². The zero-order chi connectivity index (χ0) is 16.4. The van der Waals surface area contributed by atoms with Crippen LogP contribution in [0.3, 0.4) is 0 Å². The van der Waals surface area contributed by atoms with Gasteiger partial charge in [0, 0.05) is 5.69 Å². The Labute approximate surface area is 124 Å². The molecular formula is C15H11NO6. The molecule has 2 rings (SSSR count). The smallest absolute Gasteiger partial charge is 0.337 e. The molecule has 0 amide bonds. The van der Waals surface area contributed by atoms with Crippen LogP contribution < -0.4 is 5.73 Å². The number of aromatic carboxylic acids is 3. The second-order valence-corrected chi connectivity index (χ2v) is 4.45. The first-order valence-corrected chi connectivity index (χ1v) is 6.05. The maximum Gasteiger partial charge on any atom is 0.337 e. The number of benzene rings is 2. The van der Waals surface area contributed by atoms with Crippen molar-refractivity contribution in [2.45, 2.75) is 0 Å². The first kappa shape index (κ1) is 15.0. The average Bonchev–Trinajstić information content (AvgIpc) is 2.46. The lowest BCUT2D eigenvalue weighted by molar-refractivity contribution is 0.0633. The molecule has 0 bridgehead atoms. The summed E-state index contributed by atoms with van der Waals surface area (Å²) in [5, 5.41) is 27.6. The Balaban J connectivity index is 2.83. The fourth-order valence-electron chi connectivity index (χ4n) is 2.13. The van der Waals surface area contributed by atoms with Crippen LogP contribution in [-0.4, -0.2) is 33.2 Å². The van der Waals surface area contributed by atoms with Crippen LogP contribution in [0.1, 0.15) is 31.1 Å². The lowest BCUT2D eigenvalue weighted by atomic mass is 9.91. The summed E-state index contributed by atoms with van der Waals surface area (Å²) < 4.78 is 0. The third kappa shape index (κ3) is 2.59. The minimum absolute atomic E-state index is 0.106. The maximum atomic E-state index is 11.5. The molecule has 5 N–H and O–H groups in total. The number of carbonyl (C=O) groups is 3. The van der Waals surface area contributed by atoms with Crippen molar-refractivity contribution >= 4 is 23.6 Å². The first-order chi connectivity index (χ1) is 10.3. The molecule has 0 atom stereocenters. The molecule has 22 heavy (non-hydrogen) atoms. The Bertz CT molecular complexity index is 779. The van der Waals surface area contributed by atoms with Crippen molar-refractivity contribution in [1.29, 1.82) is 0 Å². The number of carboxylic acids is 3. The third-order valence-electron chi connectivity index (χ3n) is 3.09. The first-order valence-electron chi connectivity index (χ1n) is 6.05. The quantitative estimate of drug-likeness (QED) is 0.634. The van der Waals surface area contributed by atoms with Crippen LogP contribution in [0.4, 0.5) is 5.69 Å². The zero-order valence-electron chi connectivity index (χ0n) is 11.1. The van der Waals surface area contributed by atoms with E-state index in [2.05, 4.69) is 0 Å². The lowest BCUT2D eigenvalue weighted by Gasteiger charge is -2.12. The number of carboxylic acid groups (broad SMARTS) is 3. The normalized spacial score (nSPS) is 10.2. The van der Waals surface area contributed by atoms with Gasteiger partial charge in [-0.1, -0.05) is 18.2 Å². The maximum absolute atomic E-state index is 11.5. The van der Waals surface area contributed by atoms with E-state index in [1.165, 1.54) is 30.3 Å². The van der Waals surface area contributed by atoms with Crippen molar-refractivity contribution in [2.24, 2.45) is 0 Å². The van der Waals surface area contributed by atoms with Crippen LogP contribution in [0, 0.1) is 0 Å². The Morgan fingerprint density at radius 1 is 0.727 bits per heavy atom. The van der Waals surface area contributed by atoms with Crippen molar-refractivity contribution in [3.8, 4) is 11.1 Å². The highest BCUT2D eigenvalue weighted by Crippen LogP contribution is 2.29. The van der Waals surface area contributed by atoms with Gasteiger partial charge in [-0.3, -0.25) is 0 Å². The van der Waals surface area contributed by atoms with Gasteiger partial charge in [0.15, 0.2) is 0 Å². The van der Waals surface area contributed by atoms with Crippen molar-refractivity contribution in [3.05, 3.63) is 53.1 Å². The summed E-state index contributed by atoms with van der Waals surface area (Å²) in [4.78, 5) is 33.9. The molecule has 2 aromatic carbocycles. The van der Waals surface area contributed by atoms with Gasteiger partial charge in [0.1, 0.15) is 0 Å². The van der Waals surface area contributed by atoms with E-state index in [-0.39, 0.29) is 5.56 Å². The molecule has 0 aromatic heterocycles. The molecule has 0 saturated carbocycles. The SMILES string of the molecule is Nc1ccc(-c2ccc(C(=O)O)c(C(=O)O)c2C(=O)O)cc1. The molecule has 0 saturated heterocycles. The van der Waals surface area contributed by atoms with Crippen LogP contribution in [0.2, 0.25) is 0 Å². The van der Waals surface area contributed by atoms with Crippen LogP contribution in [0.25, 0.3) is 11.1 Å². The Kier molecular flexibility index (Phi) is 3.81. The predicted octanol–water partition coefficient (Wildman–Crippen LogP) is 2.03. The minimum atomic E-state index is -1.62. The van der Waals surface area contributed by atoms with Crippen LogP contribution in [0.15, 0.2) is 36.4 Å². The Hall–Kier alpha value is -3.35. The van der Waals surface area contributed by atoms with Gasteiger partial charge in [-0.25, -0.2) is 14.4 Å². The number of hydrogen-bond acceptors (Lipinski definition) is 4. The molecule has 0 fully saturated rings. The van der Waals surface area contributed by atoms with Crippen molar-refractivity contribution in [3.63, 3.8) is 0 Å². The summed E-state index contributed by atoms with van der Waals surface area (Å²) in [5.41, 5.74) is 4.64. The summed E-state index contributed by atoms with van der Waals surface area (Å²) in [5.74, 6) is -4.65. The Morgan fingerprint density at radius 2 is 1.27 bits per heavy atom. The van der Waals surface area contributed by atoms with E-state index in [0.717, 1.165) is 6.07 Å². The van der Waals surface area contributed by atoms with Gasteiger partial charge in [0.05, 0.1) is 16.7 Å².